The maximum absolute atomic E-state index is 4.67. The van der Waals surface area contributed by atoms with Crippen molar-refractivity contribution >= 4 is 97.4 Å². The number of hydrogen-bond acceptors (Lipinski definition) is 11. The number of pyridine rings is 9. The number of benzene rings is 9. The number of aromatic nitrogens is 9. The molecule has 0 aliphatic heterocycles. The van der Waals surface area contributed by atoms with Gasteiger partial charge in [0.1, 0.15) is 0 Å². The van der Waals surface area contributed by atoms with E-state index < -0.39 is 7.92 Å². The molecule has 9 aromatic carbocycles. The smallest absolute Gasteiger partial charge is 0.0985 e. The minimum absolute atomic E-state index is 0.151. The van der Waals surface area contributed by atoms with E-state index in [4.69, 9.17) is 0 Å². The highest BCUT2D eigenvalue weighted by atomic mass is 31.1. The molecule has 0 aliphatic carbocycles. The summed E-state index contributed by atoms with van der Waals surface area (Å²) < 4.78 is 0. The Kier molecular flexibility index (Phi) is 32.4. The molecule has 0 bridgehead atoms. The lowest BCUT2D eigenvalue weighted by Crippen LogP contribution is -2.22. The number of hydrogen-bond donors (Lipinski definition) is 0. The maximum atomic E-state index is 4.67. The molecule has 0 atom stereocenters. The van der Waals surface area contributed by atoms with Gasteiger partial charge >= 0.3 is 0 Å². The molecule has 13 heteroatoms. The first kappa shape index (κ1) is 85.7. The number of nitrogens with zero attached hydrogens (tertiary/aromatic N) is 11. The van der Waals surface area contributed by atoms with E-state index in [-0.39, 0.29) is 7.92 Å². The van der Waals surface area contributed by atoms with Gasteiger partial charge in [0, 0.05) is 133 Å². The van der Waals surface area contributed by atoms with Gasteiger partial charge < -0.3 is 9.80 Å². The Balaban J connectivity index is 0.000000137. The van der Waals surface area contributed by atoms with Crippen molar-refractivity contribution in [3.63, 3.8) is 0 Å². The third-order valence-electron chi connectivity index (χ3n) is 19.1. The zero-order valence-electron chi connectivity index (χ0n) is 69.6. The maximum Gasteiger partial charge on any atom is 0.0985 e. The second-order valence-corrected chi connectivity index (χ2v) is 33.0. The van der Waals surface area contributed by atoms with Crippen LogP contribution in [0.2, 0.25) is 0 Å². The predicted molar refractivity (Wildman–Crippen MR) is 506 cm³/mol. The molecule has 0 saturated heterocycles. The molecule has 0 N–H and O–H groups in total. The summed E-state index contributed by atoms with van der Waals surface area (Å²) in [7, 11) is 7.49. The largest absolute Gasteiger partial charge is 0.378 e. The topological polar surface area (TPSA) is 122 Å². The number of anilines is 2. The quantitative estimate of drug-likeness (QED) is 0.0858. The van der Waals surface area contributed by atoms with Gasteiger partial charge in [-0.15, -0.1) is 0 Å². The third-order valence-corrected chi connectivity index (χ3v) is 24.5. The van der Waals surface area contributed by atoms with E-state index in [0.717, 1.165) is 78.1 Å². The molecular weight excluding hydrogens is 1480 g/mol. The summed E-state index contributed by atoms with van der Waals surface area (Å²) in [6, 6.07) is 118. The molecule has 118 heavy (non-hydrogen) atoms. The second-order valence-electron chi connectivity index (χ2n) is 28.5. The fourth-order valence-corrected chi connectivity index (χ4v) is 18.1. The molecule has 18 aromatic rings. The number of aryl methyl sites for hydroxylation is 7. The highest BCUT2D eigenvalue weighted by Crippen LogP contribution is 2.38. The summed E-state index contributed by atoms with van der Waals surface area (Å²) in [4.78, 5) is 43.4. The molecule has 9 heterocycles. The van der Waals surface area contributed by atoms with E-state index in [1.54, 1.807) is 18.6 Å². The Bertz CT molecular complexity index is 5820. The third kappa shape index (κ3) is 24.5. The van der Waals surface area contributed by atoms with Crippen molar-refractivity contribution < 1.29 is 0 Å². The van der Waals surface area contributed by atoms with Gasteiger partial charge in [0.25, 0.3) is 0 Å². The summed E-state index contributed by atoms with van der Waals surface area (Å²) in [6.07, 6.45) is 15.3. The lowest BCUT2D eigenvalue weighted by atomic mass is 9.97. The van der Waals surface area contributed by atoms with Crippen molar-refractivity contribution in [2.45, 2.75) is 61.8 Å². The van der Waals surface area contributed by atoms with Gasteiger partial charge in [-0.25, -0.2) is 0 Å². The van der Waals surface area contributed by atoms with Crippen LogP contribution in [0.4, 0.5) is 11.4 Å². The number of fused-ring (bicyclic) bond motifs is 6. The van der Waals surface area contributed by atoms with Gasteiger partial charge in [-0.3, -0.25) is 44.9 Å². The van der Waals surface area contributed by atoms with Crippen LogP contribution in [0.15, 0.2) is 383 Å². The summed E-state index contributed by atoms with van der Waals surface area (Å²) in [5, 5.41) is 11.8. The van der Waals surface area contributed by atoms with Crippen LogP contribution in [0.3, 0.4) is 0 Å². The number of rotatable bonds is 12. The van der Waals surface area contributed by atoms with Crippen molar-refractivity contribution in [2.75, 3.05) is 44.2 Å². The molecule has 18 rings (SSSR count). The molecule has 0 radical (unpaired) electrons. The summed E-state index contributed by atoms with van der Waals surface area (Å²) in [5.74, 6) is 0. The fourth-order valence-electron chi connectivity index (χ4n) is 13.3. The van der Waals surface area contributed by atoms with Crippen molar-refractivity contribution in [1.29, 1.82) is 0 Å². The average Bonchev–Trinajstić information content (AvgIpc) is 0.762. The van der Waals surface area contributed by atoms with Gasteiger partial charge in [0.15, 0.2) is 0 Å². The molecule has 0 unspecified atom stereocenters. The molecule has 0 aliphatic rings. The van der Waals surface area contributed by atoms with E-state index in [0.29, 0.717) is 0 Å². The van der Waals surface area contributed by atoms with Crippen LogP contribution in [0, 0.1) is 48.5 Å². The standard InChI is InChI=1S/C24H16N2.C19H17P.C15H15N3.C15H17P.C12H12N2.C7H10N2.C7H9N.C6H7N/c1-3-7-17(8-4-1)19-13-15-25-23-21(19)11-12-22-20(14-16-26-24(22)23)18-9-5-2-6-10-18;1-16-10-8-9-15-19(16)20(17-11-4-2-5-12-17)18-13-6-3-7-14-18;1-10-6-8-16-14-11(10)4-5-12-13(18(2)3)7-9-17-15(12)14;1-2-13-16(14-9-5-3-6-10-14)15-11-7-4-8-12-15;1-9-5-3-7-11(13-9)12-8-4-6-10(2)14-12;1-9(2)7-3-5-8-6-4-7;1-6-4-3-5-7(2)8-6;1-6-4-2-3-5-7-6/h1-16H;2-15H,1H3;4-9H,1-3H3;3-12H,2,13H2,1H3;3-8H,1-2H3;3-6H,1-2H3;3-5H,1-2H3;2-5H,1H3. The van der Waals surface area contributed by atoms with Gasteiger partial charge in [-0.2, -0.15) is 0 Å². The molecule has 588 valence electrons. The van der Waals surface area contributed by atoms with Gasteiger partial charge in [-0.1, -0.05) is 262 Å². The van der Waals surface area contributed by atoms with Gasteiger partial charge in [-0.05, 0) is 221 Å². The normalized spacial score (nSPS) is 10.4. The van der Waals surface area contributed by atoms with E-state index in [1.807, 2.05) is 202 Å². The Morgan fingerprint density at radius 1 is 0.271 bits per heavy atom. The highest BCUT2D eigenvalue weighted by Gasteiger charge is 2.19. The van der Waals surface area contributed by atoms with Crippen LogP contribution >= 0.6 is 15.8 Å². The molecule has 0 spiro atoms. The molecular formula is C105H103N11P2. The minimum atomic E-state index is -0.467. The Morgan fingerprint density at radius 2 is 0.653 bits per heavy atom. The fraction of sp³-hybridized carbons (Fsp3) is 0.133. The van der Waals surface area contributed by atoms with Crippen molar-refractivity contribution in [3.05, 3.63) is 423 Å². The molecule has 11 nitrogen and oxygen atoms in total. The van der Waals surface area contributed by atoms with Crippen LogP contribution < -0.4 is 36.3 Å². The van der Waals surface area contributed by atoms with E-state index in [1.165, 1.54) is 89.2 Å². The van der Waals surface area contributed by atoms with Crippen LogP contribution in [-0.4, -0.2) is 79.2 Å². The monoisotopic (exact) mass is 1580 g/mol. The Morgan fingerprint density at radius 3 is 1.05 bits per heavy atom. The first-order valence-corrected chi connectivity index (χ1v) is 42.6. The van der Waals surface area contributed by atoms with E-state index >= 15 is 0 Å². The minimum Gasteiger partial charge on any atom is -0.378 e. The average molecular weight is 1580 g/mol. The van der Waals surface area contributed by atoms with E-state index in [9.17, 15) is 0 Å². The Labute approximate surface area is 700 Å². The van der Waals surface area contributed by atoms with Crippen molar-refractivity contribution in [1.82, 2.24) is 44.9 Å². The predicted octanol–water partition coefficient (Wildman–Crippen LogP) is 23.6. The van der Waals surface area contributed by atoms with Gasteiger partial charge in [0.05, 0.1) is 33.5 Å². The lowest BCUT2D eigenvalue weighted by molar-refractivity contribution is 1.10. The SMILES string of the molecule is CCCP(c1ccccc1)c1ccccc1.CN(C)c1ccncc1.Cc1cccc(-c2cccc(C)n2)n1.Cc1cccc(C)n1.Cc1ccccc1P(c1ccccc1)c1ccccc1.Cc1ccccn1.Cc1ccnc2c1ccc1c(N(C)C)ccnc12.c1ccc(-c2ccnc3c2ccc2c(-c4ccccc4)ccnc23)cc1. The lowest BCUT2D eigenvalue weighted by Gasteiger charge is -2.21. The Hall–Kier alpha value is -13.2. The zero-order chi connectivity index (χ0) is 82.8. The molecule has 0 amide bonds. The first-order chi connectivity index (χ1) is 57.6. The summed E-state index contributed by atoms with van der Waals surface area (Å²) in [6.45, 7) is 16.5. The van der Waals surface area contributed by atoms with Crippen LogP contribution in [0.5, 0.6) is 0 Å². The molecule has 0 fully saturated rings. The summed E-state index contributed by atoms with van der Waals surface area (Å²) in [5.41, 5.74) is 20.7. The van der Waals surface area contributed by atoms with Crippen molar-refractivity contribution in [3.8, 4) is 33.6 Å². The zero-order valence-corrected chi connectivity index (χ0v) is 71.4. The van der Waals surface area contributed by atoms with Crippen molar-refractivity contribution in [2.24, 2.45) is 0 Å². The second kappa shape index (κ2) is 44.6. The first-order valence-electron chi connectivity index (χ1n) is 39.8. The van der Waals surface area contributed by atoms with Crippen LogP contribution in [0.25, 0.3) is 77.3 Å². The van der Waals surface area contributed by atoms with E-state index in [2.05, 4.69) is 301 Å². The highest BCUT2D eigenvalue weighted by molar-refractivity contribution is 7.80. The molecule has 9 aromatic heterocycles. The molecule has 0 saturated carbocycles. The van der Waals surface area contributed by atoms with Gasteiger partial charge in [0.2, 0.25) is 0 Å². The van der Waals surface area contributed by atoms with Crippen LogP contribution in [-0.2, 0) is 0 Å². The van der Waals surface area contributed by atoms with Crippen LogP contribution in [0.1, 0.15) is 52.9 Å². The summed E-state index contributed by atoms with van der Waals surface area (Å²) >= 11 is 0.